The number of hydrogen-bond acceptors (Lipinski definition) is 4. The van der Waals surface area contributed by atoms with Gasteiger partial charge in [-0.1, -0.05) is 23.8 Å². The van der Waals surface area contributed by atoms with Gasteiger partial charge in [0, 0.05) is 25.3 Å². The molecule has 2 heterocycles. The number of hydrogen-bond donors (Lipinski definition) is 0. The lowest BCUT2D eigenvalue weighted by atomic mass is 10.1. The lowest BCUT2D eigenvalue weighted by molar-refractivity contribution is 0.122. The molecule has 0 amide bonds. The zero-order valence-electron chi connectivity index (χ0n) is 15.2. The number of benzene rings is 2. The van der Waals surface area contributed by atoms with Crippen LogP contribution in [0.2, 0.25) is 0 Å². The highest BCUT2D eigenvalue weighted by atomic mass is 32.2. The number of nitrogens with zero attached hydrogens (tertiary/aromatic N) is 2. The Hall–Kier alpha value is -2.05. The standard InChI is InChI=1S/C20H24N2O3S/c1-15-3-6-20(16(2)13-15)26(23,24)22-8-7-17-4-5-18(14-19(17)22)21-9-11-25-12-10-21/h3-6,13-14H,7-12H2,1-2H3. The van der Waals surface area contributed by atoms with E-state index in [1.165, 1.54) is 0 Å². The molecular formula is C20H24N2O3S. The molecule has 0 bridgehead atoms. The Morgan fingerprint density at radius 2 is 1.73 bits per heavy atom. The summed E-state index contributed by atoms with van der Waals surface area (Å²) in [6.07, 6.45) is 0.753. The molecule has 0 unspecified atom stereocenters. The summed E-state index contributed by atoms with van der Waals surface area (Å²) in [7, 11) is -3.56. The fourth-order valence-corrected chi connectivity index (χ4v) is 5.52. The van der Waals surface area contributed by atoms with E-state index in [0.717, 1.165) is 47.6 Å². The molecule has 0 spiro atoms. The van der Waals surface area contributed by atoms with Crippen molar-refractivity contribution < 1.29 is 13.2 Å². The van der Waals surface area contributed by atoms with Crippen LogP contribution in [-0.4, -0.2) is 41.3 Å². The van der Waals surface area contributed by atoms with E-state index in [1.54, 1.807) is 10.4 Å². The molecule has 2 aromatic rings. The maximum absolute atomic E-state index is 13.3. The van der Waals surface area contributed by atoms with Gasteiger partial charge in [0.1, 0.15) is 0 Å². The largest absolute Gasteiger partial charge is 0.378 e. The third kappa shape index (κ3) is 2.97. The Morgan fingerprint density at radius 1 is 0.962 bits per heavy atom. The fraction of sp³-hybridized carbons (Fsp3) is 0.400. The van der Waals surface area contributed by atoms with Gasteiger partial charge in [-0.05, 0) is 49.6 Å². The minimum absolute atomic E-state index is 0.396. The number of aryl methyl sites for hydroxylation is 2. The van der Waals surface area contributed by atoms with Crippen molar-refractivity contribution in [3.8, 4) is 0 Å². The van der Waals surface area contributed by atoms with E-state index >= 15 is 0 Å². The fourth-order valence-electron chi connectivity index (χ4n) is 3.81. The predicted octanol–water partition coefficient (Wildman–Crippen LogP) is 2.89. The molecule has 5 nitrogen and oxygen atoms in total. The first kappa shape index (κ1) is 17.4. The summed E-state index contributed by atoms with van der Waals surface area (Å²) in [6.45, 7) is 7.43. The molecule has 0 saturated carbocycles. The smallest absolute Gasteiger partial charge is 0.264 e. The summed E-state index contributed by atoms with van der Waals surface area (Å²) in [4.78, 5) is 2.65. The van der Waals surface area contributed by atoms with Gasteiger partial charge in [-0.25, -0.2) is 8.42 Å². The van der Waals surface area contributed by atoms with Gasteiger partial charge in [-0.2, -0.15) is 0 Å². The van der Waals surface area contributed by atoms with Crippen LogP contribution in [0.15, 0.2) is 41.3 Å². The van der Waals surface area contributed by atoms with Crippen molar-refractivity contribution in [1.29, 1.82) is 0 Å². The number of ether oxygens (including phenoxy) is 1. The molecule has 26 heavy (non-hydrogen) atoms. The van der Waals surface area contributed by atoms with E-state index in [9.17, 15) is 8.42 Å². The normalized spacial score (nSPS) is 17.5. The average Bonchev–Trinajstić information content (AvgIpc) is 3.06. The average molecular weight is 372 g/mol. The quantitative estimate of drug-likeness (QED) is 0.831. The lowest BCUT2D eigenvalue weighted by Crippen LogP contribution is -2.36. The predicted molar refractivity (Wildman–Crippen MR) is 104 cm³/mol. The number of sulfonamides is 1. The van der Waals surface area contributed by atoms with Gasteiger partial charge in [0.15, 0.2) is 0 Å². The maximum atomic E-state index is 13.3. The van der Waals surface area contributed by atoms with Crippen LogP contribution in [-0.2, 0) is 21.2 Å². The van der Waals surface area contributed by atoms with Crippen LogP contribution in [0.3, 0.4) is 0 Å². The molecule has 1 saturated heterocycles. The van der Waals surface area contributed by atoms with Crippen LogP contribution in [0.1, 0.15) is 16.7 Å². The van der Waals surface area contributed by atoms with Crippen LogP contribution in [0, 0.1) is 13.8 Å². The third-order valence-electron chi connectivity index (χ3n) is 5.20. The Labute approximate surface area is 155 Å². The van der Waals surface area contributed by atoms with Gasteiger partial charge < -0.3 is 9.64 Å². The second-order valence-corrected chi connectivity index (χ2v) is 8.84. The molecule has 0 atom stereocenters. The SMILES string of the molecule is Cc1ccc(S(=O)(=O)N2CCc3ccc(N4CCOCC4)cc32)c(C)c1. The molecule has 6 heteroatoms. The molecule has 0 aromatic heterocycles. The van der Waals surface area contributed by atoms with Gasteiger partial charge in [0.05, 0.1) is 23.8 Å². The van der Waals surface area contributed by atoms with Crippen molar-refractivity contribution in [2.45, 2.75) is 25.2 Å². The summed E-state index contributed by atoms with van der Waals surface area (Å²) in [5.74, 6) is 0. The van der Waals surface area contributed by atoms with E-state index in [1.807, 2.05) is 32.0 Å². The van der Waals surface area contributed by atoms with Gasteiger partial charge in [-0.15, -0.1) is 0 Å². The van der Waals surface area contributed by atoms with Crippen LogP contribution in [0.5, 0.6) is 0 Å². The third-order valence-corrected chi connectivity index (χ3v) is 7.17. The Bertz CT molecular complexity index is 934. The molecule has 2 aliphatic rings. The lowest BCUT2D eigenvalue weighted by Gasteiger charge is -2.30. The van der Waals surface area contributed by atoms with E-state index in [-0.39, 0.29) is 0 Å². The summed E-state index contributed by atoms with van der Waals surface area (Å²) < 4.78 is 33.6. The van der Waals surface area contributed by atoms with E-state index in [4.69, 9.17) is 4.74 Å². The highest BCUT2D eigenvalue weighted by molar-refractivity contribution is 7.93. The second kappa shape index (κ2) is 6.59. The Balaban J connectivity index is 1.72. The van der Waals surface area contributed by atoms with Crippen molar-refractivity contribution in [3.63, 3.8) is 0 Å². The zero-order valence-corrected chi connectivity index (χ0v) is 16.1. The first-order valence-electron chi connectivity index (χ1n) is 9.02. The molecule has 138 valence electrons. The topological polar surface area (TPSA) is 49.9 Å². The van der Waals surface area contributed by atoms with Crippen molar-refractivity contribution in [2.24, 2.45) is 0 Å². The molecule has 2 aromatic carbocycles. The van der Waals surface area contributed by atoms with Crippen LogP contribution in [0.4, 0.5) is 11.4 Å². The monoisotopic (exact) mass is 372 g/mol. The second-order valence-electron chi connectivity index (χ2n) is 7.01. The Morgan fingerprint density at radius 3 is 2.46 bits per heavy atom. The minimum Gasteiger partial charge on any atom is -0.378 e. The van der Waals surface area contributed by atoms with Gasteiger partial charge in [0.25, 0.3) is 10.0 Å². The minimum atomic E-state index is -3.56. The first-order chi connectivity index (χ1) is 12.5. The summed E-state index contributed by atoms with van der Waals surface area (Å²) in [5, 5.41) is 0. The summed E-state index contributed by atoms with van der Waals surface area (Å²) in [6, 6.07) is 11.7. The van der Waals surface area contributed by atoms with Crippen LogP contribution in [0.25, 0.3) is 0 Å². The van der Waals surface area contributed by atoms with E-state index < -0.39 is 10.0 Å². The number of anilines is 2. The zero-order chi connectivity index (χ0) is 18.3. The molecule has 1 fully saturated rings. The van der Waals surface area contributed by atoms with Crippen LogP contribution >= 0.6 is 0 Å². The highest BCUT2D eigenvalue weighted by Gasteiger charge is 2.32. The number of fused-ring (bicyclic) bond motifs is 1. The van der Waals surface area contributed by atoms with Crippen LogP contribution < -0.4 is 9.21 Å². The number of rotatable bonds is 3. The van der Waals surface area contributed by atoms with Crippen molar-refractivity contribution in [1.82, 2.24) is 0 Å². The molecule has 4 rings (SSSR count). The summed E-state index contributed by atoms with van der Waals surface area (Å²) in [5.41, 5.74) is 4.83. The number of morpholine rings is 1. The highest BCUT2D eigenvalue weighted by Crippen LogP contribution is 2.36. The van der Waals surface area contributed by atoms with Gasteiger partial charge in [0.2, 0.25) is 0 Å². The first-order valence-corrected chi connectivity index (χ1v) is 10.5. The van der Waals surface area contributed by atoms with E-state index in [2.05, 4.69) is 17.0 Å². The summed E-state index contributed by atoms with van der Waals surface area (Å²) >= 11 is 0. The Kier molecular flexibility index (Phi) is 4.40. The van der Waals surface area contributed by atoms with Crippen molar-refractivity contribution in [3.05, 3.63) is 53.1 Å². The molecule has 0 aliphatic carbocycles. The maximum Gasteiger partial charge on any atom is 0.264 e. The van der Waals surface area contributed by atoms with E-state index in [0.29, 0.717) is 24.7 Å². The molecule has 0 N–H and O–H groups in total. The van der Waals surface area contributed by atoms with Crippen molar-refractivity contribution in [2.75, 3.05) is 42.1 Å². The van der Waals surface area contributed by atoms with Gasteiger partial charge in [-0.3, -0.25) is 4.31 Å². The molecular weight excluding hydrogens is 348 g/mol. The molecule has 0 radical (unpaired) electrons. The molecule has 2 aliphatic heterocycles. The van der Waals surface area contributed by atoms with Gasteiger partial charge >= 0.3 is 0 Å². The van der Waals surface area contributed by atoms with Crippen molar-refractivity contribution >= 4 is 21.4 Å².